The summed E-state index contributed by atoms with van der Waals surface area (Å²) in [5.74, 6) is 0.487. The van der Waals surface area contributed by atoms with E-state index in [1.165, 1.54) is 7.11 Å². The zero-order valence-electron chi connectivity index (χ0n) is 12.1. The smallest absolute Gasteiger partial charge is 0.322 e. The van der Waals surface area contributed by atoms with E-state index in [0.29, 0.717) is 21.9 Å². The number of carbonyl (C=O) groups excluding carboxylic acids is 1. The Labute approximate surface area is 137 Å². The number of carbonyl (C=O) groups is 1. The minimum atomic E-state index is -0.370. The van der Waals surface area contributed by atoms with Crippen molar-refractivity contribution in [1.82, 2.24) is 10.2 Å². The van der Waals surface area contributed by atoms with Gasteiger partial charge in [-0.15, -0.1) is 5.10 Å². The average Bonchev–Trinajstić information content (AvgIpc) is 3.03. The van der Waals surface area contributed by atoms with Crippen LogP contribution < -0.4 is 10.1 Å². The number of methoxy groups -OCH3 is 1. The topological polar surface area (TPSA) is 77.2 Å². The highest BCUT2D eigenvalue weighted by Crippen LogP contribution is 2.23. The molecule has 23 heavy (non-hydrogen) atoms. The van der Waals surface area contributed by atoms with Crippen LogP contribution in [0.4, 0.5) is 6.01 Å². The van der Waals surface area contributed by atoms with E-state index in [1.807, 2.05) is 0 Å². The number of rotatable bonds is 4. The summed E-state index contributed by atoms with van der Waals surface area (Å²) in [7, 11) is 1.53. The summed E-state index contributed by atoms with van der Waals surface area (Å²) in [5.41, 5.74) is 1.10. The van der Waals surface area contributed by atoms with Crippen LogP contribution in [0, 0.1) is 0 Å². The van der Waals surface area contributed by atoms with E-state index in [2.05, 4.69) is 15.5 Å². The molecule has 0 fully saturated rings. The van der Waals surface area contributed by atoms with E-state index in [4.69, 9.17) is 20.8 Å². The third kappa shape index (κ3) is 3.49. The summed E-state index contributed by atoms with van der Waals surface area (Å²) in [6, 6.07) is 13.8. The molecule has 0 aliphatic heterocycles. The number of anilines is 1. The lowest BCUT2D eigenvalue weighted by Gasteiger charge is -2.03. The van der Waals surface area contributed by atoms with Crippen molar-refractivity contribution in [3.63, 3.8) is 0 Å². The van der Waals surface area contributed by atoms with E-state index in [-0.39, 0.29) is 17.8 Å². The molecule has 0 atom stereocenters. The summed E-state index contributed by atoms with van der Waals surface area (Å²) < 4.78 is 10.5. The van der Waals surface area contributed by atoms with E-state index < -0.39 is 0 Å². The molecule has 0 saturated carbocycles. The molecule has 0 radical (unpaired) electrons. The molecule has 0 saturated heterocycles. The van der Waals surface area contributed by atoms with Crippen molar-refractivity contribution in [3.8, 4) is 17.2 Å². The molecule has 0 aliphatic carbocycles. The van der Waals surface area contributed by atoms with Crippen molar-refractivity contribution in [2.45, 2.75) is 0 Å². The quantitative estimate of drug-likeness (QED) is 0.790. The highest BCUT2D eigenvalue weighted by molar-refractivity contribution is 6.30. The van der Waals surface area contributed by atoms with E-state index in [0.717, 1.165) is 0 Å². The highest BCUT2D eigenvalue weighted by atomic mass is 35.5. The van der Waals surface area contributed by atoms with Gasteiger partial charge >= 0.3 is 6.01 Å². The number of aromatic nitrogens is 2. The number of amides is 1. The van der Waals surface area contributed by atoms with E-state index in [1.54, 1.807) is 48.5 Å². The van der Waals surface area contributed by atoms with Crippen molar-refractivity contribution in [1.29, 1.82) is 0 Å². The van der Waals surface area contributed by atoms with Crippen molar-refractivity contribution in [2.24, 2.45) is 0 Å². The van der Waals surface area contributed by atoms with Gasteiger partial charge in [-0.2, -0.15) is 0 Å². The average molecular weight is 330 g/mol. The second kappa shape index (κ2) is 6.50. The summed E-state index contributed by atoms with van der Waals surface area (Å²) in [4.78, 5) is 12.2. The number of ether oxygens (including phenoxy) is 1. The zero-order chi connectivity index (χ0) is 16.2. The van der Waals surface area contributed by atoms with Crippen LogP contribution in [-0.2, 0) is 0 Å². The van der Waals surface area contributed by atoms with Crippen LogP contribution in [0.15, 0.2) is 52.9 Å². The van der Waals surface area contributed by atoms with Gasteiger partial charge in [0.05, 0.1) is 7.11 Å². The van der Waals surface area contributed by atoms with Gasteiger partial charge in [-0.1, -0.05) is 28.8 Å². The number of benzene rings is 2. The number of nitrogens with zero attached hydrogens (tertiary/aromatic N) is 2. The Morgan fingerprint density at radius 2 is 2.00 bits per heavy atom. The van der Waals surface area contributed by atoms with Gasteiger partial charge in [0.25, 0.3) is 5.91 Å². The minimum Gasteiger partial charge on any atom is -0.497 e. The van der Waals surface area contributed by atoms with Crippen molar-refractivity contribution < 1.29 is 13.9 Å². The molecule has 0 unspecified atom stereocenters. The molecule has 7 heteroatoms. The minimum absolute atomic E-state index is 0.00722. The maximum atomic E-state index is 12.2. The molecule has 3 aromatic rings. The van der Waals surface area contributed by atoms with Crippen LogP contribution in [0.2, 0.25) is 5.02 Å². The molecule has 6 nitrogen and oxygen atoms in total. The fourth-order valence-corrected chi connectivity index (χ4v) is 2.14. The fraction of sp³-hybridized carbons (Fsp3) is 0.0625. The maximum Gasteiger partial charge on any atom is 0.322 e. The van der Waals surface area contributed by atoms with Gasteiger partial charge in [-0.05, 0) is 36.4 Å². The number of halogens is 1. The first kappa shape index (κ1) is 15.1. The predicted molar refractivity (Wildman–Crippen MR) is 85.7 cm³/mol. The predicted octanol–water partition coefficient (Wildman–Crippen LogP) is 3.65. The molecule has 0 bridgehead atoms. The first-order valence-electron chi connectivity index (χ1n) is 6.70. The Morgan fingerprint density at radius 1 is 1.17 bits per heavy atom. The molecular formula is C16H12ClN3O3. The lowest BCUT2D eigenvalue weighted by Crippen LogP contribution is -2.12. The van der Waals surface area contributed by atoms with Gasteiger partial charge in [0.15, 0.2) is 0 Å². The van der Waals surface area contributed by atoms with Gasteiger partial charge in [0.1, 0.15) is 5.75 Å². The van der Waals surface area contributed by atoms with Gasteiger partial charge in [-0.25, -0.2) is 0 Å². The van der Waals surface area contributed by atoms with Crippen molar-refractivity contribution in [3.05, 3.63) is 59.1 Å². The molecule has 116 valence electrons. The monoisotopic (exact) mass is 329 g/mol. The lowest BCUT2D eigenvalue weighted by atomic mass is 10.2. The van der Waals surface area contributed by atoms with Gasteiger partial charge < -0.3 is 9.15 Å². The first-order valence-corrected chi connectivity index (χ1v) is 7.08. The Hall–Kier alpha value is -2.86. The summed E-state index contributed by atoms with van der Waals surface area (Å²) >= 11 is 5.92. The van der Waals surface area contributed by atoms with Crippen molar-refractivity contribution in [2.75, 3.05) is 12.4 Å². The Morgan fingerprint density at radius 3 is 2.78 bits per heavy atom. The first-order chi connectivity index (χ1) is 11.2. The van der Waals surface area contributed by atoms with Gasteiger partial charge in [-0.3, -0.25) is 10.1 Å². The molecule has 3 rings (SSSR count). The molecule has 2 aromatic carbocycles. The summed E-state index contributed by atoms with van der Waals surface area (Å²) in [6.07, 6.45) is 0. The molecule has 0 aliphatic rings. The van der Waals surface area contributed by atoms with E-state index >= 15 is 0 Å². The normalized spacial score (nSPS) is 10.3. The van der Waals surface area contributed by atoms with Crippen LogP contribution in [0.5, 0.6) is 5.75 Å². The van der Waals surface area contributed by atoms with Crippen LogP contribution in [0.25, 0.3) is 11.5 Å². The molecule has 1 N–H and O–H groups in total. The maximum absolute atomic E-state index is 12.2. The second-order valence-corrected chi connectivity index (χ2v) is 5.05. The van der Waals surface area contributed by atoms with Crippen LogP contribution in [0.3, 0.4) is 0 Å². The van der Waals surface area contributed by atoms with E-state index in [9.17, 15) is 4.79 Å². The third-order valence-electron chi connectivity index (χ3n) is 3.05. The SMILES string of the molecule is COc1cccc(C(=O)Nc2nnc(-c3cccc(Cl)c3)o2)c1. The Bertz CT molecular complexity index is 848. The Kier molecular flexibility index (Phi) is 4.25. The fourth-order valence-electron chi connectivity index (χ4n) is 1.95. The highest BCUT2D eigenvalue weighted by Gasteiger charge is 2.13. The zero-order valence-corrected chi connectivity index (χ0v) is 12.9. The molecule has 0 spiro atoms. The third-order valence-corrected chi connectivity index (χ3v) is 3.28. The number of hydrogen-bond donors (Lipinski definition) is 1. The van der Waals surface area contributed by atoms with Gasteiger partial charge in [0.2, 0.25) is 5.89 Å². The molecular weight excluding hydrogens is 318 g/mol. The Balaban J connectivity index is 1.77. The summed E-state index contributed by atoms with van der Waals surface area (Å²) in [5, 5.41) is 10.8. The summed E-state index contributed by atoms with van der Waals surface area (Å²) in [6.45, 7) is 0. The van der Waals surface area contributed by atoms with Crippen LogP contribution in [-0.4, -0.2) is 23.2 Å². The second-order valence-electron chi connectivity index (χ2n) is 4.61. The largest absolute Gasteiger partial charge is 0.497 e. The number of nitrogens with one attached hydrogen (secondary N) is 1. The van der Waals surface area contributed by atoms with Crippen LogP contribution in [0.1, 0.15) is 10.4 Å². The van der Waals surface area contributed by atoms with Gasteiger partial charge in [0, 0.05) is 16.1 Å². The lowest BCUT2D eigenvalue weighted by molar-refractivity contribution is 0.102. The number of hydrogen-bond acceptors (Lipinski definition) is 5. The molecule has 1 amide bonds. The van der Waals surface area contributed by atoms with Crippen molar-refractivity contribution >= 4 is 23.5 Å². The standard InChI is InChI=1S/C16H12ClN3O3/c1-22-13-7-3-4-10(9-13)14(21)18-16-20-19-15(23-16)11-5-2-6-12(17)8-11/h2-9H,1H3,(H,18,20,21). The molecule has 1 aromatic heterocycles. The molecule has 1 heterocycles. The van der Waals surface area contributed by atoms with Crippen LogP contribution >= 0.6 is 11.6 Å².